The molecule has 3 nitrogen and oxygen atoms in total. The second kappa shape index (κ2) is 3.59. The molecule has 0 amide bonds. The molecule has 0 rings (SSSR count). The molecule has 0 radical (unpaired) electrons. The molecule has 0 fully saturated rings. The average Bonchev–Trinajstić information content (AvgIpc) is 1.80. The Labute approximate surface area is 61.2 Å². The van der Waals surface area contributed by atoms with Crippen LogP contribution in [0.25, 0.3) is 0 Å². The van der Waals surface area contributed by atoms with E-state index in [-0.39, 0.29) is 0 Å². The van der Waals surface area contributed by atoms with Crippen LogP contribution in [0.3, 0.4) is 0 Å². The Morgan fingerprint density at radius 1 is 1.70 bits per heavy atom. The van der Waals surface area contributed by atoms with Crippen molar-refractivity contribution < 1.29 is 13.0 Å². The van der Waals surface area contributed by atoms with Crippen LogP contribution >= 0.6 is 0 Å². The Bertz CT molecular complexity index is 222. The fourth-order valence-electron chi connectivity index (χ4n) is 0.436. The molecule has 1 N–H and O–H groups in total. The van der Waals surface area contributed by atoms with Crippen LogP contribution in [0.5, 0.6) is 0 Å². The van der Waals surface area contributed by atoms with Gasteiger partial charge in [-0.05, 0) is 13.3 Å². The van der Waals surface area contributed by atoms with Crippen molar-refractivity contribution in [3.8, 4) is 12.3 Å². The van der Waals surface area contributed by atoms with Crippen molar-refractivity contribution in [2.45, 2.75) is 25.0 Å². The second-order valence-electron chi connectivity index (χ2n) is 2.07. The van der Waals surface area contributed by atoms with E-state index in [9.17, 15) is 8.42 Å². The molecule has 0 aliphatic carbocycles. The van der Waals surface area contributed by atoms with Crippen LogP contribution < -0.4 is 0 Å². The van der Waals surface area contributed by atoms with Crippen molar-refractivity contribution in [2.75, 3.05) is 0 Å². The first-order valence-electron chi connectivity index (χ1n) is 2.88. The molecule has 0 spiro atoms. The molecule has 1 unspecified atom stereocenters. The summed E-state index contributed by atoms with van der Waals surface area (Å²) in [5.74, 6) is 2.30. The maximum absolute atomic E-state index is 10.3. The lowest BCUT2D eigenvalue weighted by Crippen LogP contribution is -2.15. The van der Waals surface area contributed by atoms with E-state index in [2.05, 4.69) is 5.92 Å². The lowest BCUT2D eigenvalue weighted by molar-refractivity contribution is 0.467. The zero-order valence-electron chi connectivity index (χ0n) is 5.74. The minimum atomic E-state index is -3.87. The molecular weight excluding hydrogens is 152 g/mol. The summed E-state index contributed by atoms with van der Waals surface area (Å²) in [6.07, 6.45) is 5.58. The molecule has 0 aliphatic heterocycles. The summed E-state index contributed by atoms with van der Waals surface area (Å²) in [6, 6.07) is 0. The molecule has 0 aromatic heterocycles. The third-order valence-electron chi connectivity index (χ3n) is 1.20. The summed E-state index contributed by atoms with van der Waals surface area (Å²) >= 11 is 0. The van der Waals surface area contributed by atoms with E-state index >= 15 is 0 Å². The molecule has 0 saturated carbocycles. The summed E-state index contributed by atoms with van der Waals surface area (Å²) in [4.78, 5) is 0. The fourth-order valence-corrected chi connectivity index (χ4v) is 0.851. The highest BCUT2D eigenvalue weighted by atomic mass is 32.2. The lowest BCUT2D eigenvalue weighted by atomic mass is 10.3. The van der Waals surface area contributed by atoms with Gasteiger partial charge >= 0.3 is 0 Å². The van der Waals surface area contributed by atoms with E-state index < -0.39 is 15.4 Å². The van der Waals surface area contributed by atoms with Crippen LogP contribution in [0.2, 0.25) is 0 Å². The SMILES string of the molecule is C#CCCC(C)S(=O)(=O)O. The van der Waals surface area contributed by atoms with Crippen molar-refractivity contribution >= 4 is 10.1 Å². The maximum atomic E-state index is 10.3. The van der Waals surface area contributed by atoms with Crippen molar-refractivity contribution in [1.82, 2.24) is 0 Å². The highest BCUT2D eigenvalue weighted by molar-refractivity contribution is 7.86. The Balaban J connectivity index is 3.90. The highest BCUT2D eigenvalue weighted by Gasteiger charge is 2.15. The zero-order chi connectivity index (χ0) is 8.20. The van der Waals surface area contributed by atoms with E-state index in [1.807, 2.05) is 0 Å². The topological polar surface area (TPSA) is 54.4 Å². The van der Waals surface area contributed by atoms with Crippen LogP contribution in [0.15, 0.2) is 0 Å². The molecule has 0 aliphatic rings. The molecule has 0 bridgehead atoms. The van der Waals surface area contributed by atoms with Gasteiger partial charge in [0, 0.05) is 6.42 Å². The lowest BCUT2D eigenvalue weighted by Gasteiger charge is -2.03. The van der Waals surface area contributed by atoms with Crippen LogP contribution in [0.1, 0.15) is 19.8 Å². The van der Waals surface area contributed by atoms with E-state index in [1.165, 1.54) is 6.92 Å². The molecule has 10 heavy (non-hydrogen) atoms. The Kier molecular flexibility index (Phi) is 3.40. The average molecular weight is 162 g/mol. The molecule has 4 heteroatoms. The minimum Gasteiger partial charge on any atom is -0.285 e. The largest absolute Gasteiger partial charge is 0.285 e. The normalized spacial score (nSPS) is 14.1. The first-order valence-corrected chi connectivity index (χ1v) is 4.38. The van der Waals surface area contributed by atoms with Crippen molar-refractivity contribution in [1.29, 1.82) is 0 Å². The van der Waals surface area contributed by atoms with Gasteiger partial charge in [-0.25, -0.2) is 0 Å². The van der Waals surface area contributed by atoms with Gasteiger partial charge < -0.3 is 0 Å². The predicted octanol–water partition coefficient (Wildman–Crippen LogP) is 0.676. The van der Waals surface area contributed by atoms with Gasteiger partial charge in [0.15, 0.2) is 0 Å². The number of hydrogen-bond donors (Lipinski definition) is 1. The first kappa shape index (κ1) is 9.47. The van der Waals surface area contributed by atoms with Crippen LogP contribution in [-0.2, 0) is 10.1 Å². The van der Waals surface area contributed by atoms with E-state index in [0.29, 0.717) is 12.8 Å². The van der Waals surface area contributed by atoms with Gasteiger partial charge in [-0.2, -0.15) is 8.42 Å². The van der Waals surface area contributed by atoms with Gasteiger partial charge in [0.05, 0.1) is 5.25 Å². The number of rotatable bonds is 3. The molecular formula is C6H10O3S. The smallest absolute Gasteiger partial charge is 0.267 e. The summed E-state index contributed by atoms with van der Waals surface area (Å²) in [7, 11) is -3.87. The monoisotopic (exact) mass is 162 g/mol. The second-order valence-corrected chi connectivity index (χ2v) is 3.90. The van der Waals surface area contributed by atoms with Crippen molar-refractivity contribution in [3.63, 3.8) is 0 Å². The van der Waals surface area contributed by atoms with E-state index in [1.54, 1.807) is 0 Å². The fraction of sp³-hybridized carbons (Fsp3) is 0.667. The van der Waals surface area contributed by atoms with E-state index in [0.717, 1.165) is 0 Å². The van der Waals surface area contributed by atoms with Gasteiger partial charge in [-0.1, -0.05) is 0 Å². The van der Waals surface area contributed by atoms with Crippen molar-refractivity contribution in [3.05, 3.63) is 0 Å². The summed E-state index contributed by atoms with van der Waals surface area (Å²) in [5.41, 5.74) is 0. The number of hydrogen-bond acceptors (Lipinski definition) is 2. The Hall–Kier alpha value is -0.530. The predicted molar refractivity (Wildman–Crippen MR) is 39.1 cm³/mol. The standard InChI is InChI=1S/C6H10O3S/c1-3-4-5-6(2)10(7,8)9/h1,6H,4-5H2,2H3,(H,7,8,9). The van der Waals surface area contributed by atoms with Gasteiger partial charge in [0.2, 0.25) is 0 Å². The summed E-state index contributed by atoms with van der Waals surface area (Å²) in [6.45, 7) is 1.42. The maximum Gasteiger partial charge on any atom is 0.267 e. The minimum absolute atomic E-state index is 0.315. The third kappa shape index (κ3) is 3.49. The molecule has 0 heterocycles. The third-order valence-corrected chi connectivity index (χ3v) is 2.46. The molecule has 0 aromatic rings. The number of terminal acetylenes is 1. The Morgan fingerprint density at radius 3 is 2.50 bits per heavy atom. The molecule has 1 atom stereocenters. The highest BCUT2D eigenvalue weighted by Crippen LogP contribution is 2.04. The molecule has 58 valence electrons. The summed E-state index contributed by atoms with van der Waals surface area (Å²) in [5, 5.41) is -0.747. The van der Waals surface area contributed by atoms with Crippen molar-refractivity contribution in [2.24, 2.45) is 0 Å². The molecule has 0 aromatic carbocycles. The van der Waals surface area contributed by atoms with Crippen LogP contribution in [0.4, 0.5) is 0 Å². The first-order chi connectivity index (χ1) is 4.48. The van der Waals surface area contributed by atoms with Gasteiger partial charge in [0.25, 0.3) is 10.1 Å². The van der Waals surface area contributed by atoms with Gasteiger partial charge in [-0.15, -0.1) is 12.3 Å². The van der Waals surface area contributed by atoms with Gasteiger partial charge in [0.1, 0.15) is 0 Å². The molecule has 0 saturated heterocycles. The van der Waals surface area contributed by atoms with E-state index in [4.69, 9.17) is 11.0 Å². The van der Waals surface area contributed by atoms with Crippen LogP contribution in [0, 0.1) is 12.3 Å². The quantitative estimate of drug-likeness (QED) is 0.490. The Morgan fingerprint density at radius 2 is 2.20 bits per heavy atom. The summed E-state index contributed by atoms with van der Waals surface area (Å²) < 4.78 is 29.1. The zero-order valence-corrected chi connectivity index (χ0v) is 6.56. The van der Waals surface area contributed by atoms with Gasteiger partial charge in [-0.3, -0.25) is 4.55 Å². The van der Waals surface area contributed by atoms with Crippen LogP contribution in [-0.4, -0.2) is 18.2 Å².